The van der Waals surface area contributed by atoms with E-state index in [4.69, 9.17) is 40.6 Å². The largest absolute Gasteiger partial charge is 0.335 e. The Balaban J connectivity index is 1.73. The van der Waals surface area contributed by atoms with E-state index in [0.717, 1.165) is 0 Å². The molecular weight excluding hydrogens is 429 g/mol. The summed E-state index contributed by atoms with van der Waals surface area (Å²) in [4.78, 5) is 12.4. The maximum atomic E-state index is 12.4. The normalized spacial score (nSPS) is 12.0. The lowest BCUT2D eigenvalue weighted by molar-refractivity contribution is -0.115. The number of carbonyl (C=O) groups excluding carboxylic acids is 1. The van der Waals surface area contributed by atoms with Gasteiger partial charge in [0.25, 0.3) is 0 Å². The molecule has 2 aromatic carbocycles. The van der Waals surface area contributed by atoms with Gasteiger partial charge in [-0.25, -0.2) is 4.68 Å². The van der Waals surface area contributed by atoms with Crippen molar-refractivity contribution in [1.29, 1.82) is 0 Å². The molecular formula is C17H14Cl3N5OS. The second-order valence-corrected chi connectivity index (χ2v) is 8.14. The summed E-state index contributed by atoms with van der Waals surface area (Å²) in [6.07, 6.45) is 0. The molecule has 6 nitrogen and oxygen atoms in total. The third-order valence-corrected chi connectivity index (χ3v) is 5.46. The van der Waals surface area contributed by atoms with Crippen molar-refractivity contribution in [2.75, 3.05) is 11.2 Å². The fourth-order valence-electron chi connectivity index (χ4n) is 2.20. The van der Waals surface area contributed by atoms with Gasteiger partial charge in [-0.1, -0.05) is 46.6 Å². The Morgan fingerprint density at radius 1 is 1.11 bits per heavy atom. The van der Waals surface area contributed by atoms with Gasteiger partial charge in [0.15, 0.2) is 5.82 Å². The molecule has 10 heteroatoms. The first-order valence-corrected chi connectivity index (χ1v) is 9.75. The van der Waals surface area contributed by atoms with Crippen LogP contribution >= 0.6 is 46.6 Å². The average molecular weight is 443 g/mol. The van der Waals surface area contributed by atoms with Crippen LogP contribution in [0, 0.1) is 0 Å². The summed E-state index contributed by atoms with van der Waals surface area (Å²) < 4.78 is 1.30. The maximum absolute atomic E-state index is 12.4. The monoisotopic (exact) mass is 441 g/mol. The Morgan fingerprint density at radius 3 is 2.44 bits per heavy atom. The second-order valence-electron chi connectivity index (χ2n) is 5.56. The average Bonchev–Trinajstić information content (AvgIpc) is 2.97. The van der Waals surface area contributed by atoms with E-state index in [1.165, 1.54) is 16.4 Å². The van der Waals surface area contributed by atoms with Crippen molar-refractivity contribution in [3.8, 4) is 11.4 Å². The van der Waals surface area contributed by atoms with E-state index >= 15 is 0 Å². The van der Waals surface area contributed by atoms with Crippen molar-refractivity contribution >= 4 is 58.2 Å². The second kappa shape index (κ2) is 8.39. The van der Waals surface area contributed by atoms with Crippen molar-refractivity contribution in [2.45, 2.75) is 17.3 Å². The highest BCUT2D eigenvalue weighted by Gasteiger charge is 2.21. The van der Waals surface area contributed by atoms with E-state index in [1.807, 2.05) is 0 Å². The number of thioether (sulfide) groups is 1. The van der Waals surface area contributed by atoms with E-state index in [0.29, 0.717) is 37.3 Å². The molecule has 1 aromatic heterocycles. The standard InChI is InChI=1S/C17H14Cl3N5OS/c1-9(16(26)22-12-5-2-10(18)3-6-12)27-17-24-23-15(25(17)21)13-7-4-11(19)8-14(13)20/h2-9H,21H2,1H3,(H,22,26). The van der Waals surface area contributed by atoms with E-state index in [9.17, 15) is 4.79 Å². The molecule has 1 unspecified atom stereocenters. The van der Waals surface area contributed by atoms with Gasteiger partial charge in [0.05, 0.1) is 10.3 Å². The number of nitrogens with one attached hydrogen (secondary N) is 1. The first-order valence-electron chi connectivity index (χ1n) is 7.74. The van der Waals surface area contributed by atoms with Gasteiger partial charge >= 0.3 is 0 Å². The number of anilines is 1. The van der Waals surface area contributed by atoms with Gasteiger partial charge in [0.2, 0.25) is 11.1 Å². The van der Waals surface area contributed by atoms with E-state index in [1.54, 1.807) is 49.4 Å². The van der Waals surface area contributed by atoms with Crippen molar-refractivity contribution < 1.29 is 4.79 Å². The van der Waals surface area contributed by atoms with Gasteiger partial charge in [0.1, 0.15) is 0 Å². The van der Waals surface area contributed by atoms with Crippen LogP contribution < -0.4 is 11.2 Å². The number of hydrogen-bond acceptors (Lipinski definition) is 5. The van der Waals surface area contributed by atoms with Crippen molar-refractivity contribution in [3.63, 3.8) is 0 Å². The van der Waals surface area contributed by atoms with Gasteiger partial charge in [0, 0.05) is 21.3 Å². The van der Waals surface area contributed by atoms with Gasteiger partial charge < -0.3 is 11.2 Å². The topological polar surface area (TPSA) is 85.8 Å². The molecule has 0 radical (unpaired) electrons. The quantitative estimate of drug-likeness (QED) is 0.440. The summed E-state index contributed by atoms with van der Waals surface area (Å²) >= 11 is 19.1. The van der Waals surface area contributed by atoms with Crippen molar-refractivity contribution in [2.24, 2.45) is 0 Å². The molecule has 140 valence electrons. The van der Waals surface area contributed by atoms with Gasteiger partial charge in [-0.2, -0.15) is 0 Å². The summed E-state index contributed by atoms with van der Waals surface area (Å²) in [5.74, 6) is 6.27. The third-order valence-electron chi connectivity index (χ3n) is 3.60. The summed E-state index contributed by atoms with van der Waals surface area (Å²) in [5, 5.41) is 12.4. The fourth-order valence-corrected chi connectivity index (χ4v) is 3.59. The number of halogens is 3. The Morgan fingerprint density at radius 2 is 1.78 bits per heavy atom. The van der Waals surface area contributed by atoms with Crippen LogP contribution in [0.4, 0.5) is 5.69 Å². The highest BCUT2D eigenvalue weighted by molar-refractivity contribution is 8.00. The van der Waals surface area contributed by atoms with Gasteiger partial charge in [-0.3, -0.25) is 4.79 Å². The van der Waals surface area contributed by atoms with E-state index in [-0.39, 0.29) is 5.91 Å². The summed E-state index contributed by atoms with van der Waals surface area (Å²) in [6.45, 7) is 1.75. The SMILES string of the molecule is CC(Sc1nnc(-c2ccc(Cl)cc2Cl)n1N)C(=O)Nc1ccc(Cl)cc1. The lowest BCUT2D eigenvalue weighted by Gasteiger charge is -2.12. The Kier molecular flexibility index (Phi) is 6.16. The molecule has 1 amide bonds. The van der Waals surface area contributed by atoms with E-state index in [2.05, 4.69) is 15.5 Å². The molecule has 27 heavy (non-hydrogen) atoms. The first kappa shape index (κ1) is 19.8. The minimum Gasteiger partial charge on any atom is -0.335 e. The molecule has 3 rings (SSSR count). The maximum Gasteiger partial charge on any atom is 0.237 e. The molecule has 0 fully saturated rings. The summed E-state index contributed by atoms with van der Waals surface area (Å²) in [5.41, 5.74) is 1.25. The fraction of sp³-hybridized carbons (Fsp3) is 0.118. The van der Waals surface area contributed by atoms with Crippen molar-refractivity contribution in [3.05, 3.63) is 57.5 Å². The number of hydrogen-bond donors (Lipinski definition) is 2. The molecule has 3 N–H and O–H groups in total. The first-order chi connectivity index (χ1) is 12.8. The predicted molar refractivity (Wildman–Crippen MR) is 111 cm³/mol. The number of rotatable bonds is 5. The van der Waals surface area contributed by atoms with Crippen LogP contribution in [0.25, 0.3) is 11.4 Å². The molecule has 0 aliphatic heterocycles. The molecule has 1 atom stereocenters. The molecule has 0 saturated heterocycles. The number of amides is 1. The van der Waals surface area contributed by atoms with Crippen LogP contribution in [0.5, 0.6) is 0 Å². The van der Waals surface area contributed by atoms with Crippen LogP contribution in [0.3, 0.4) is 0 Å². The minimum absolute atomic E-state index is 0.198. The Labute approximate surface area is 175 Å². The molecule has 0 spiro atoms. The zero-order valence-electron chi connectivity index (χ0n) is 14.0. The smallest absolute Gasteiger partial charge is 0.237 e. The zero-order chi connectivity index (χ0) is 19.6. The summed E-state index contributed by atoms with van der Waals surface area (Å²) in [6, 6.07) is 11.9. The Bertz CT molecular complexity index is 977. The minimum atomic E-state index is -0.458. The molecule has 0 aliphatic rings. The van der Waals surface area contributed by atoms with E-state index < -0.39 is 5.25 Å². The van der Waals surface area contributed by atoms with Crippen LogP contribution in [0.1, 0.15) is 6.92 Å². The lowest BCUT2D eigenvalue weighted by atomic mass is 10.2. The number of nitrogen functional groups attached to an aromatic ring is 1. The molecule has 3 aromatic rings. The van der Waals surface area contributed by atoms with Crippen LogP contribution in [0.15, 0.2) is 47.6 Å². The molecule has 1 heterocycles. The number of carbonyl (C=O) groups is 1. The van der Waals surface area contributed by atoms with Crippen LogP contribution in [0.2, 0.25) is 15.1 Å². The van der Waals surface area contributed by atoms with Gasteiger partial charge in [-0.05, 0) is 49.4 Å². The third kappa shape index (κ3) is 4.68. The molecule has 0 aliphatic carbocycles. The zero-order valence-corrected chi connectivity index (χ0v) is 17.1. The number of nitrogens with zero attached hydrogens (tertiary/aromatic N) is 3. The van der Waals surface area contributed by atoms with Crippen LogP contribution in [-0.2, 0) is 4.79 Å². The van der Waals surface area contributed by atoms with Gasteiger partial charge in [-0.15, -0.1) is 10.2 Å². The number of nitrogens with two attached hydrogens (primary N) is 1. The summed E-state index contributed by atoms with van der Waals surface area (Å²) in [7, 11) is 0. The number of aromatic nitrogens is 3. The highest BCUT2D eigenvalue weighted by Crippen LogP contribution is 2.31. The number of benzene rings is 2. The lowest BCUT2D eigenvalue weighted by Crippen LogP contribution is -2.23. The highest BCUT2D eigenvalue weighted by atomic mass is 35.5. The Hall–Kier alpha value is -1.93. The molecule has 0 bridgehead atoms. The predicted octanol–water partition coefficient (Wildman–Crippen LogP) is 4.74. The van der Waals surface area contributed by atoms with Crippen LogP contribution in [-0.4, -0.2) is 26.0 Å². The molecule has 0 saturated carbocycles. The van der Waals surface area contributed by atoms with Crippen molar-refractivity contribution in [1.82, 2.24) is 14.9 Å².